The predicted octanol–water partition coefficient (Wildman–Crippen LogP) is 5.37. The Morgan fingerprint density at radius 1 is 1.26 bits per heavy atom. The van der Waals surface area contributed by atoms with E-state index in [0.29, 0.717) is 12.8 Å². The summed E-state index contributed by atoms with van der Waals surface area (Å²) in [6, 6.07) is 0. The Morgan fingerprint density at radius 2 is 2.00 bits per heavy atom. The van der Waals surface area contributed by atoms with Gasteiger partial charge in [-0.2, -0.15) is 0 Å². The zero-order chi connectivity index (χ0) is 25.0. The Balaban J connectivity index is 1.77. The molecule has 2 saturated heterocycles. The van der Waals surface area contributed by atoms with Crippen molar-refractivity contribution in [3.63, 3.8) is 0 Å². The molecule has 1 N–H and O–H groups in total. The van der Waals surface area contributed by atoms with Crippen LogP contribution in [0.5, 0.6) is 0 Å². The summed E-state index contributed by atoms with van der Waals surface area (Å²) < 4.78 is 11.9. The highest BCUT2D eigenvalue weighted by Gasteiger charge is 2.42. The molecule has 0 radical (unpaired) electrons. The van der Waals surface area contributed by atoms with Crippen LogP contribution < -0.4 is 0 Å². The van der Waals surface area contributed by atoms with Crippen molar-refractivity contribution in [2.24, 2.45) is 17.3 Å². The van der Waals surface area contributed by atoms with E-state index in [1.807, 2.05) is 39.2 Å². The van der Waals surface area contributed by atoms with E-state index in [0.717, 1.165) is 42.0 Å². The van der Waals surface area contributed by atoms with Gasteiger partial charge < -0.3 is 14.6 Å². The zero-order valence-corrected chi connectivity index (χ0v) is 22.3. The minimum Gasteiger partial charge on any atom is -0.458 e. The second-order valence-corrected chi connectivity index (χ2v) is 11.7. The van der Waals surface area contributed by atoms with Crippen LogP contribution in [-0.4, -0.2) is 46.3 Å². The minimum absolute atomic E-state index is 0.000205. The van der Waals surface area contributed by atoms with Gasteiger partial charge in [0.15, 0.2) is 0 Å². The van der Waals surface area contributed by atoms with Gasteiger partial charge >= 0.3 is 5.97 Å². The van der Waals surface area contributed by atoms with Crippen LogP contribution in [0.25, 0.3) is 6.08 Å². The maximum Gasteiger partial charge on any atom is 0.306 e. The lowest BCUT2D eigenvalue weighted by Crippen LogP contribution is -2.39. The molecule has 2 fully saturated rings. The summed E-state index contributed by atoms with van der Waals surface area (Å²) in [5, 5.41) is 13.9. The van der Waals surface area contributed by atoms with Crippen molar-refractivity contribution in [2.75, 3.05) is 0 Å². The molecule has 1 aromatic heterocycles. The number of fused-ring (bicyclic) bond motifs is 1. The van der Waals surface area contributed by atoms with E-state index >= 15 is 0 Å². The number of esters is 1. The first-order valence-electron chi connectivity index (χ1n) is 12.7. The summed E-state index contributed by atoms with van der Waals surface area (Å²) in [4.78, 5) is 30.6. The molecule has 34 heavy (non-hydrogen) atoms. The molecule has 3 rings (SSSR count). The molecule has 0 aromatic carbocycles. The average molecular weight is 492 g/mol. The highest BCUT2D eigenvalue weighted by molar-refractivity contribution is 7.09. The number of aliphatic hydroxyl groups excluding tert-OH is 1. The fourth-order valence-electron chi connectivity index (χ4n) is 4.89. The van der Waals surface area contributed by atoms with Crippen LogP contribution in [0.15, 0.2) is 11.0 Å². The number of nitrogens with zero attached hydrogens (tertiary/aromatic N) is 1. The lowest BCUT2D eigenvalue weighted by molar-refractivity contribution is -0.149. The summed E-state index contributed by atoms with van der Waals surface area (Å²) >= 11 is 1.64. The van der Waals surface area contributed by atoms with Crippen LogP contribution in [-0.2, 0) is 25.5 Å². The van der Waals surface area contributed by atoms with Crippen molar-refractivity contribution in [1.82, 2.24) is 4.98 Å². The van der Waals surface area contributed by atoms with Crippen molar-refractivity contribution >= 4 is 29.2 Å². The monoisotopic (exact) mass is 491 g/mol. The van der Waals surface area contributed by atoms with Crippen LogP contribution in [0, 0.1) is 17.3 Å². The third kappa shape index (κ3) is 6.98. The molecule has 0 bridgehead atoms. The first-order valence-corrected chi connectivity index (χ1v) is 13.6. The smallest absolute Gasteiger partial charge is 0.306 e. The third-order valence-electron chi connectivity index (χ3n) is 7.44. The molecule has 3 heterocycles. The first kappa shape index (κ1) is 27.0. The average Bonchev–Trinajstić information content (AvgIpc) is 3.37. The maximum atomic E-state index is 13.1. The summed E-state index contributed by atoms with van der Waals surface area (Å²) in [6.07, 6.45) is 5.95. The van der Waals surface area contributed by atoms with E-state index in [-0.39, 0.29) is 42.4 Å². The number of carbonyl (C=O) groups excluding carboxylic acids is 2. The second-order valence-electron chi connectivity index (χ2n) is 10.8. The topological polar surface area (TPSA) is 89.0 Å². The van der Waals surface area contributed by atoms with E-state index in [1.165, 1.54) is 0 Å². The number of rotatable bonds is 3. The lowest BCUT2D eigenvalue weighted by Gasteiger charge is -2.31. The molecule has 0 aliphatic carbocycles. The summed E-state index contributed by atoms with van der Waals surface area (Å²) in [5.74, 6) is -0.742. The molecule has 6 nitrogen and oxygen atoms in total. The van der Waals surface area contributed by atoms with Crippen molar-refractivity contribution in [3.05, 3.63) is 21.7 Å². The number of Topliss-reactive ketones (excluding diaryl/α,β-unsaturated/α-hetero) is 1. The summed E-state index contributed by atoms with van der Waals surface area (Å²) in [7, 11) is 0. The lowest BCUT2D eigenvalue weighted by atomic mass is 9.74. The molecule has 6 atom stereocenters. The number of ether oxygens (including phenoxy) is 2. The predicted molar refractivity (Wildman–Crippen MR) is 135 cm³/mol. The minimum atomic E-state index is -0.710. The fraction of sp³-hybridized carbons (Fsp3) is 0.741. The van der Waals surface area contributed by atoms with Crippen LogP contribution in [0.4, 0.5) is 0 Å². The number of cyclic esters (lactones) is 1. The van der Waals surface area contributed by atoms with Crippen LogP contribution in [0.3, 0.4) is 0 Å². The Kier molecular flexibility index (Phi) is 9.10. The largest absolute Gasteiger partial charge is 0.458 e. The Labute approximate surface area is 208 Å². The molecular weight excluding hydrogens is 450 g/mol. The number of thiazole rings is 1. The summed E-state index contributed by atoms with van der Waals surface area (Å²) in [5.41, 5.74) is 1.14. The summed E-state index contributed by atoms with van der Waals surface area (Å²) in [6.45, 7) is 11.6. The molecule has 7 heteroatoms. The number of aromatic nitrogens is 1. The van der Waals surface area contributed by atoms with Crippen LogP contribution in [0.1, 0.15) is 90.8 Å². The van der Waals surface area contributed by atoms with E-state index in [2.05, 4.69) is 11.9 Å². The molecule has 190 valence electrons. The van der Waals surface area contributed by atoms with Crippen molar-refractivity contribution in [3.8, 4) is 0 Å². The molecule has 2 aliphatic heterocycles. The van der Waals surface area contributed by atoms with Gasteiger partial charge in [-0.25, -0.2) is 4.98 Å². The highest BCUT2D eigenvalue weighted by atomic mass is 32.1. The fourth-order valence-corrected chi connectivity index (χ4v) is 5.59. The van der Waals surface area contributed by atoms with Crippen LogP contribution in [0.2, 0.25) is 0 Å². The van der Waals surface area contributed by atoms with Crippen molar-refractivity contribution in [2.45, 2.75) is 111 Å². The third-order valence-corrected chi connectivity index (χ3v) is 8.45. The van der Waals surface area contributed by atoms with Gasteiger partial charge in [-0.3, -0.25) is 9.59 Å². The van der Waals surface area contributed by atoms with Crippen LogP contribution >= 0.6 is 11.3 Å². The second kappa shape index (κ2) is 11.4. The number of ketones is 1. The van der Waals surface area contributed by atoms with E-state index < -0.39 is 17.4 Å². The Hall–Kier alpha value is -1.57. The number of aryl methyl sites for hydroxylation is 1. The van der Waals surface area contributed by atoms with Gasteiger partial charge in [0, 0.05) is 29.6 Å². The van der Waals surface area contributed by atoms with Gasteiger partial charge in [0.2, 0.25) is 0 Å². The zero-order valence-electron chi connectivity index (χ0n) is 21.5. The van der Waals surface area contributed by atoms with Gasteiger partial charge in [0.25, 0.3) is 0 Å². The van der Waals surface area contributed by atoms with Gasteiger partial charge in [0.1, 0.15) is 11.9 Å². The molecule has 0 saturated carbocycles. The van der Waals surface area contributed by atoms with Crippen molar-refractivity contribution < 1.29 is 24.2 Å². The van der Waals surface area contributed by atoms with Gasteiger partial charge in [-0.1, -0.05) is 41.0 Å². The number of hydrogen-bond donors (Lipinski definition) is 1. The molecular formula is C27H41NO5S. The molecule has 1 aromatic rings. The standard InChI is InChI=1S/C27H41NO5S/c1-7-23-28-19(15-34-23)13-17(3)21-14-22-20(32-22)10-8-9-16(2)25(30)18(4)26(31)27(5,6)12-11-24(29)33-21/h13,15-16,18,20-22,25,30H,7-12,14H2,1-6H3/b17-13+/t16-,18+,20?,21?,22?,25?/m0/s1. The molecule has 0 amide bonds. The maximum absolute atomic E-state index is 13.1. The first-order chi connectivity index (χ1) is 16.0. The van der Waals surface area contributed by atoms with Gasteiger partial charge in [-0.15, -0.1) is 11.3 Å². The van der Waals surface area contributed by atoms with Gasteiger partial charge in [-0.05, 0) is 50.2 Å². The SMILES string of the molecule is CCc1nc(/C=C(\C)C2CC3OC3CCC[C@H](C)C(O)[C@@H](C)C(=O)C(C)(C)CCC(=O)O2)cs1. The number of hydrogen-bond acceptors (Lipinski definition) is 7. The van der Waals surface area contributed by atoms with E-state index in [9.17, 15) is 14.7 Å². The quantitative estimate of drug-likeness (QED) is 0.452. The number of epoxide rings is 1. The Bertz CT molecular complexity index is 891. The number of aliphatic hydroxyl groups is 1. The van der Waals surface area contributed by atoms with Gasteiger partial charge in [0.05, 0.1) is 29.0 Å². The van der Waals surface area contributed by atoms with E-state index in [4.69, 9.17) is 9.47 Å². The highest BCUT2D eigenvalue weighted by Crippen LogP contribution is 2.36. The molecule has 4 unspecified atom stereocenters. The number of carbonyl (C=O) groups is 2. The normalized spacial score (nSPS) is 33.8. The Morgan fingerprint density at radius 3 is 2.68 bits per heavy atom. The molecule has 2 aliphatic rings. The van der Waals surface area contributed by atoms with Crippen molar-refractivity contribution in [1.29, 1.82) is 0 Å². The molecule has 0 spiro atoms. The van der Waals surface area contributed by atoms with E-state index in [1.54, 1.807) is 18.3 Å².